The van der Waals surface area contributed by atoms with Crippen molar-refractivity contribution in [2.24, 2.45) is 5.92 Å². The molecule has 2 aromatic heterocycles. The van der Waals surface area contributed by atoms with Crippen LogP contribution in [-0.2, 0) is 11.2 Å². The molecule has 5 rings (SSSR count). The molecule has 2 aromatic carbocycles. The van der Waals surface area contributed by atoms with Crippen LogP contribution >= 0.6 is 0 Å². The molecule has 7 nitrogen and oxygen atoms in total. The number of nitrogens with zero attached hydrogens (tertiary/aromatic N) is 4. The highest BCUT2D eigenvalue weighted by Gasteiger charge is 2.24. The summed E-state index contributed by atoms with van der Waals surface area (Å²) in [5, 5.41) is 1.15. The number of ether oxygens (including phenoxy) is 2. The van der Waals surface area contributed by atoms with Crippen molar-refractivity contribution in [2.75, 3.05) is 26.3 Å². The highest BCUT2D eigenvalue weighted by molar-refractivity contribution is 5.94. The first-order valence-electron chi connectivity index (χ1n) is 11.0. The molecule has 0 saturated carbocycles. The first-order valence-corrected chi connectivity index (χ1v) is 11.0. The predicted octanol–water partition coefficient (Wildman–Crippen LogP) is 4.15. The molecule has 0 N–H and O–H groups in total. The summed E-state index contributed by atoms with van der Waals surface area (Å²) < 4.78 is 11.6. The smallest absolute Gasteiger partial charge is 0.321 e. The molecule has 1 atom stereocenters. The Labute approximate surface area is 192 Å². The number of carbonyl (C=O) groups is 1. The van der Waals surface area contributed by atoms with E-state index in [1.54, 1.807) is 42.7 Å². The normalized spacial score (nSPS) is 16.4. The van der Waals surface area contributed by atoms with Crippen LogP contribution in [0.1, 0.15) is 15.9 Å². The van der Waals surface area contributed by atoms with E-state index < -0.39 is 0 Å². The third kappa shape index (κ3) is 4.99. The van der Waals surface area contributed by atoms with Crippen LogP contribution in [0.2, 0.25) is 0 Å². The van der Waals surface area contributed by atoms with E-state index in [0.29, 0.717) is 37.6 Å². The highest BCUT2D eigenvalue weighted by atomic mass is 16.5. The Morgan fingerprint density at radius 3 is 2.76 bits per heavy atom. The van der Waals surface area contributed by atoms with Gasteiger partial charge in [0.25, 0.3) is 5.91 Å². The number of hydrogen-bond acceptors (Lipinski definition) is 6. The number of aromatic nitrogens is 3. The number of hydrogen-bond donors (Lipinski definition) is 0. The van der Waals surface area contributed by atoms with Gasteiger partial charge in [-0.2, -0.15) is 0 Å². The molecule has 166 valence electrons. The molecule has 0 unspecified atom stereocenters. The first kappa shape index (κ1) is 21.0. The molecule has 33 heavy (non-hydrogen) atoms. The van der Waals surface area contributed by atoms with Gasteiger partial charge in [-0.1, -0.05) is 24.3 Å². The van der Waals surface area contributed by atoms with Gasteiger partial charge in [-0.25, -0.2) is 9.97 Å². The molecule has 0 radical (unpaired) electrons. The van der Waals surface area contributed by atoms with Crippen molar-refractivity contribution in [3.05, 3.63) is 90.4 Å². The molecule has 1 aliphatic rings. The van der Waals surface area contributed by atoms with Crippen molar-refractivity contribution in [1.82, 2.24) is 19.9 Å². The van der Waals surface area contributed by atoms with Gasteiger partial charge in [0, 0.05) is 48.5 Å². The van der Waals surface area contributed by atoms with Gasteiger partial charge in [0.2, 0.25) is 0 Å². The lowest BCUT2D eigenvalue weighted by Crippen LogP contribution is -2.36. The van der Waals surface area contributed by atoms with Gasteiger partial charge >= 0.3 is 6.01 Å². The van der Waals surface area contributed by atoms with Gasteiger partial charge < -0.3 is 14.4 Å². The first-order chi connectivity index (χ1) is 16.3. The third-order valence-electron chi connectivity index (χ3n) is 5.70. The van der Waals surface area contributed by atoms with E-state index in [0.717, 1.165) is 17.3 Å². The lowest BCUT2D eigenvalue weighted by molar-refractivity contribution is 0.0737. The molecule has 1 amide bonds. The van der Waals surface area contributed by atoms with E-state index in [2.05, 4.69) is 27.1 Å². The number of carbonyl (C=O) groups excluding carboxylic acids is 1. The largest absolute Gasteiger partial charge is 0.424 e. The molecule has 7 heteroatoms. The fourth-order valence-corrected chi connectivity index (χ4v) is 4.16. The molecule has 4 aromatic rings. The van der Waals surface area contributed by atoms with Gasteiger partial charge in [-0.3, -0.25) is 9.78 Å². The van der Waals surface area contributed by atoms with Gasteiger partial charge in [-0.15, -0.1) is 0 Å². The van der Waals surface area contributed by atoms with E-state index in [4.69, 9.17) is 9.47 Å². The molecule has 0 spiro atoms. The van der Waals surface area contributed by atoms with Crippen LogP contribution in [0.25, 0.3) is 10.9 Å². The van der Waals surface area contributed by atoms with Crippen LogP contribution in [-0.4, -0.2) is 52.1 Å². The van der Waals surface area contributed by atoms with E-state index >= 15 is 0 Å². The number of rotatable bonds is 5. The van der Waals surface area contributed by atoms with E-state index in [-0.39, 0.29) is 17.8 Å². The Bertz CT molecular complexity index is 1240. The van der Waals surface area contributed by atoms with Crippen molar-refractivity contribution in [3.8, 4) is 11.8 Å². The Hall–Kier alpha value is -3.84. The van der Waals surface area contributed by atoms with Crippen molar-refractivity contribution in [2.45, 2.75) is 6.42 Å². The average Bonchev–Trinajstić information content (AvgIpc) is 3.10. The average molecular weight is 441 g/mol. The van der Waals surface area contributed by atoms with Crippen molar-refractivity contribution >= 4 is 16.8 Å². The van der Waals surface area contributed by atoms with Crippen LogP contribution in [0, 0.1) is 5.92 Å². The summed E-state index contributed by atoms with van der Waals surface area (Å²) >= 11 is 0. The van der Waals surface area contributed by atoms with Crippen LogP contribution in [0.15, 0.2) is 79.3 Å². The van der Waals surface area contributed by atoms with E-state index in [1.165, 1.54) is 5.56 Å². The molecule has 0 bridgehead atoms. The summed E-state index contributed by atoms with van der Waals surface area (Å²) in [6.45, 7) is 2.32. The maximum Gasteiger partial charge on any atom is 0.321 e. The molecular formula is C26H24N4O3. The second-order valence-corrected chi connectivity index (χ2v) is 8.04. The fraction of sp³-hybridized carbons (Fsp3) is 0.231. The zero-order valence-electron chi connectivity index (χ0n) is 18.1. The SMILES string of the molecule is O=C(c1cccc(Oc2ncccn2)c1)N1CCOC[C@H](Cc2cccc3ncccc23)C1. The molecule has 1 aliphatic heterocycles. The number of fused-ring (bicyclic) bond motifs is 1. The molecule has 1 saturated heterocycles. The lowest BCUT2D eigenvalue weighted by Gasteiger charge is -2.24. The molecule has 0 aliphatic carbocycles. The third-order valence-corrected chi connectivity index (χ3v) is 5.70. The highest BCUT2D eigenvalue weighted by Crippen LogP contribution is 2.23. The van der Waals surface area contributed by atoms with Crippen LogP contribution < -0.4 is 4.74 Å². The lowest BCUT2D eigenvalue weighted by atomic mass is 9.96. The molecule has 3 heterocycles. The van der Waals surface area contributed by atoms with Crippen molar-refractivity contribution < 1.29 is 14.3 Å². The van der Waals surface area contributed by atoms with Crippen LogP contribution in [0.5, 0.6) is 11.8 Å². The molecule has 1 fully saturated rings. The van der Waals surface area contributed by atoms with Crippen LogP contribution in [0.3, 0.4) is 0 Å². The quantitative estimate of drug-likeness (QED) is 0.464. The van der Waals surface area contributed by atoms with Crippen LogP contribution in [0.4, 0.5) is 0 Å². The maximum atomic E-state index is 13.3. The summed E-state index contributed by atoms with van der Waals surface area (Å²) in [5.41, 5.74) is 2.77. The minimum atomic E-state index is -0.0375. The Morgan fingerprint density at radius 2 is 1.85 bits per heavy atom. The van der Waals surface area contributed by atoms with E-state index in [1.807, 2.05) is 29.3 Å². The topological polar surface area (TPSA) is 77.4 Å². The molecular weight excluding hydrogens is 416 g/mol. The van der Waals surface area contributed by atoms with Gasteiger partial charge in [0.1, 0.15) is 5.75 Å². The number of benzene rings is 2. The second-order valence-electron chi connectivity index (χ2n) is 8.04. The van der Waals surface area contributed by atoms with Crippen molar-refractivity contribution in [3.63, 3.8) is 0 Å². The number of amides is 1. The summed E-state index contributed by atoms with van der Waals surface area (Å²) in [4.78, 5) is 27.8. The monoisotopic (exact) mass is 440 g/mol. The number of pyridine rings is 1. The zero-order chi connectivity index (χ0) is 22.5. The van der Waals surface area contributed by atoms with E-state index in [9.17, 15) is 4.79 Å². The van der Waals surface area contributed by atoms with Gasteiger partial charge in [0.15, 0.2) is 0 Å². The van der Waals surface area contributed by atoms with Crippen molar-refractivity contribution in [1.29, 1.82) is 0 Å². The van der Waals surface area contributed by atoms with Gasteiger partial charge in [-0.05, 0) is 48.4 Å². The summed E-state index contributed by atoms with van der Waals surface area (Å²) in [6, 6.07) is 19.3. The summed E-state index contributed by atoms with van der Waals surface area (Å²) in [5.74, 6) is 0.682. The van der Waals surface area contributed by atoms with Gasteiger partial charge in [0.05, 0.1) is 18.7 Å². The summed E-state index contributed by atoms with van der Waals surface area (Å²) in [7, 11) is 0. The maximum absolute atomic E-state index is 13.3. The fourth-order valence-electron chi connectivity index (χ4n) is 4.16. The second kappa shape index (κ2) is 9.75. The standard InChI is InChI=1S/C26H24N4O3/c31-25(21-6-1-7-22(16-21)33-26-28-11-4-12-29-26)30-13-14-32-18-19(17-30)15-20-5-2-9-24-23(20)8-3-10-27-24/h1-12,16,19H,13-15,17-18H2/t19-/m1/s1. The predicted molar refractivity (Wildman–Crippen MR) is 124 cm³/mol. The Kier molecular flexibility index (Phi) is 6.21. The summed E-state index contributed by atoms with van der Waals surface area (Å²) in [6.07, 6.45) is 5.85. The minimum Gasteiger partial charge on any atom is -0.424 e. The Morgan fingerprint density at radius 1 is 1.00 bits per heavy atom. The minimum absolute atomic E-state index is 0.0375. The zero-order valence-corrected chi connectivity index (χ0v) is 18.1. The Balaban J connectivity index is 1.32.